The van der Waals surface area contributed by atoms with Crippen molar-refractivity contribution in [2.75, 3.05) is 5.32 Å². The molecule has 0 aromatic carbocycles. The minimum Gasteiger partial charge on any atom is -0.338 e. The van der Waals surface area contributed by atoms with Crippen molar-refractivity contribution in [1.82, 2.24) is 19.3 Å². The molecule has 1 N–H and O–H groups in total. The zero-order valence-corrected chi connectivity index (χ0v) is 11.4. The molecule has 6 nitrogen and oxygen atoms in total. The van der Waals surface area contributed by atoms with Gasteiger partial charge in [-0.1, -0.05) is 0 Å². The smallest absolute Gasteiger partial charge is 0.333 e. The first kappa shape index (κ1) is 14.2. The zero-order chi connectivity index (χ0) is 14.9. The van der Waals surface area contributed by atoms with Crippen LogP contribution in [0.3, 0.4) is 0 Å². The Labute approximate surface area is 114 Å². The molecule has 8 heteroatoms. The van der Waals surface area contributed by atoms with Crippen LogP contribution in [0.4, 0.5) is 14.6 Å². The Bertz CT molecular complexity index is 632. The second kappa shape index (κ2) is 5.40. The van der Waals surface area contributed by atoms with Gasteiger partial charge in [0.2, 0.25) is 5.91 Å². The highest BCUT2D eigenvalue weighted by molar-refractivity contribution is 5.91. The molecule has 0 bridgehead atoms. The number of alkyl halides is 2. The molecule has 20 heavy (non-hydrogen) atoms. The van der Waals surface area contributed by atoms with Crippen molar-refractivity contribution in [3.05, 3.63) is 29.5 Å². The third kappa shape index (κ3) is 2.84. The van der Waals surface area contributed by atoms with E-state index in [0.717, 1.165) is 0 Å². The minimum atomic E-state index is -2.71. The van der Waals surface area contributed by atoms with Gasteiger partial charge in [0.1, 0.15) is 0 Å². The Balaban J connectivity index is 2.12. The van der Waals surface area contributed by atoms with Gasteiger partial charge >= 0.3 is 6.55 Å². The molecule has 0 radical (unpaired) electrons. The van der Waals surface area contributed by atoms with E-state index in [1.165, 1.54) is 6.92 Å². The Morgan fingerprint density at radius 2 is 2.15 bits per heavy atom. The number of aromatic nitrogens is 4. The maximum absolute atomic E-state index is 12.7. The quantitative estimate of drug-likeness (QED) is 0.930. The van der Waals surface area contributed by atoms with Crippen LogP contribution in [0.2, 0.25) is 0 Å². The van der Waals surface area contributed by atoms with Crippen LogP contribution in [0, 0.1) is 13.8 Å². The summed E-state index contributed by atoms with van der Waals surface area (Å²) in [4.78, 5) is 15.9. The first-order valence-corrected chi connectivity index (χ1v) is 5.99. The van der Waals surface area contributed by atoms with E-state index in [1.807, 2.05) is 0 Å². The molecule has 2 aromatic heterocycles. The highest BCUT2D eigenvalue weighted by Crippen LogP contribution is 2.20. The van der Waals surface area contributed by atoms with Crippen LogP contribution in [-0.4, -0.2) is 25.2 Å². The van der Waals surface area contributed by atoms with Gasteiger partial charge in [-0.15, -0.1) is 0 Å². The van der Waals surface area contributed by atoms with Gasteiger partial charge in [0, 0.05) is 24.5 Å². The first-order valence-electron chi connectivity index (χ1n) is 5.99. The van der Waals surface area contributed by atoms with Gasteiger partial charge in [0.25, 0.3) is 0 Å². The summed E-state index contributed by atoms with van der Waals surface area (Å²) in [5.41, 5.74) is 1.24. The minimum absolute atomic E-state index is 0.0129. The molecule has 0 aliphatic rings. The summed E-state index contributed by atoms with van der Waals surface area (Å²) in [7, 11) is 1.78. The summed E-state index contributed by atoms with van der Waals surface area (Å²) in [5, 5.41) is 6.35. The predicted molar refractivity (Wildman–Crippen MR) is 68.5 cm³/mol. The van der Waals surface area contributed by atoms with Crippen LogP contribution in [0.15, 0.2) is 12.5 Å². The molecule has 2 rings (SSSR count). The van der Waals surface area contributed by atoms with Gasteiger partial charge < -0.3 is 9.88 Å². The Kier molecular flexibility index (Phi) is 3.82. The van der Waals surface area contributed by atoms with Crippen LogP contribution in [-0.2, 0) is 18.3 Å². The number of rotatable bonds is 4. The normalized spacial score (nSPS) is 11.1. The lowest BCUT2D eigenvalue weighted by atomic mass is 10.1. The van der Waals surface area contributed by atoms with Gasteiger partial charge in [0.15, 0.2) is 5.82 Å². The number of amides is 1. The number of carbonyl (C=O) groups is 1. The van der Waals surface area contributed by atoms with Gasteiger partial charge in [-0.3, -0.25) is 4.79 Å². The van der Waals surface area contributed by atoms with E-state index in [0.29, 0.717) is 27.5 Å². The standard InChI is InChI=1S/C12H15F2N5O/c1-7-9(8(2)19(17-7)12(13)14)4-11(20)16-10-5-18(3)6-15-10/h5-6,12H,4H2,1-3H3,(H,16,20). The van der Waals surface area contributed by atoms with Crippen molar-refractivity contribution in [2.45, 2.75) is 26.8 Å². The van der Waals surface area contributed by atoms with Gasteiger partial charge in [-0.05, 0) is 13.8 Å². The van der Waals surface area contributed by atoms with Crippen molar-refractivity contribution < 1.29 is 13.6 Å². The predicted octanol–water partition coefficient (Wildman–Crippen LogP) is 1.81. The van der Waals surface area contributed by atoms with E-state index in [9.17, 15) is 13.6 Å². The van der Waals surface area contributed by atoms with Crippen molar-refractivity contribution >= 4 is 11.7 Å². The number of hydrogen-bond acceptors (Lipinski definition) is 3. The van der Waals surface area contributed by atoms with Gasteiger partial charge in [0.05, 0.1) is 18.4 Å². The van der Waals surface area contributed by atoms with Crippen LogP contribution in [0.1, 0.15) is 23.5 Å². The summed E-state index contributed by atoms with van der Waals surface area (Å²) in [6.07, 6.45) is 3.20. The molecule has 2 heterocycles. The van der Waals surface area contributed by atoms with E-state index >= 15 is 0 Å². The topological polar surface area (TPSA) is 64.7 Å². The lowest BCUT2D eigenvalue weighted by Gasteiger charge is -2.04. The molecule has 0 unspecified atom stereocenters. The third-order valence-corrected chi connectivity index (χ3v) is 2.97. The van der Waals surface area contributed by atoms with E-state index < -0.39 is 6.55 Å². The van der Waals surface area contributed by atoms with Gasteiger partial charge in [-0.25, -0.2) is 9.67 Å². The number of imidazole rings is 1. The fraction of sp³-hybridized carbons (Fsp3) is 0.417. The maximum Gasteiger partial charge on any atom is 0.333 e. The van der Waals surface area contributed by atoms with E-state index in [-0.39, 0.29) is 12.3 Å². The third-order valence-electron chi connectivity index (χ3n) is 2.97. The lowest BCUT2D eigenvalue weighted by Crippen LogP contribution is -2.15. The van der Waals surface area contributed by atoms with E-state index in [2.05, 4.69) is 15.4 Å². The van der Waals surface area contributed by atoms with Crippen molar-refractivity contribution in [3.8, 4) is 0 Å². The monoisotopic (exact) mass is 283 g/mol. The summed E-state index contributed by atoms with van der Waals surface area (Å²) in [5.74, 6) is 0.109. The fourth-order valence-electron chi connectivity index (χ4n) is 1.97. The Morgan fingerprint density at radius 1 is 1.45 bits per heavy atom. The van der Waals surface area contributed by atoms with Crippen molar-refractivity contribution in [2.24, 2.45) is 7.05 Å². The number of anilines is 1. The highest BCUT2D eigenvalue weighted by atomic mass is 19.3. The summed E-state index contributed by atoms with van der Waals surface area (Å²) in [6.45, 7) is 0.423. The molecule has 0 aliphatic heterocycles. The molecule has 2 aromatic rings. The lowest BCUT2D eigenvalue weighted by molar-refractivity contribution is -0.115. The van der Waals surface area contributed by atoms with Crippen molar-refractivity contribution in [1.29, 1.82) is 0 Å². The number of nitrogens with zero attached hydrogens (tertiary/aromatic N) is 4. The molecule has 0 spiro atoms. The Morgan fingerprint density at radius 3 is 2.65 bits per heavy atom. The van der Waals surface area contributed by atoms with Crippen LogP contribution >= 0.6 is 0 Å². The number of halogens is 2. The highest BCUT2D eigenvalue weighted by Gasteiger charge is 2.19. The summed E-state index contributed by atoms with van der Waals surface area (Å²) in [6, 6.07) is 0. The summed E-state index contributed by atoms with van der Waals surface area (Å²) < 4.78 is 27.7. The number of carbonyl (C=O) groups excluding carboxylic acids is 1. The molecular weight excluding hydrogens is 268 g/mol. The molecule has 0 aliphatic carbocycles. The molecule has 0 fully saturated rings. The zero-order valence-electron chi connectivity index (χ0n) is 11.4. The average molecular weight is 283 g/mol. The maximum atomic E-state index is 12.7. The molecule has 108 valence electrons. The fourth-order valence-corrected chi connectivity index (χ4v) is 1.97. The number of hydrogen-bond donors (Lipinski definition) is 1. The first-order chi connectivity index (χ1) is 9.38. The second-order valence-electron chi connectivity index (χ2n) is 4.52. The molecule has 0 saturated heterocycles. The average Bonchev–Trinajstić information content (AvgIpc) is 2.87. The van der Waals surface area contributed by atoms with E-state index in [4.69, 9.17) is 0 Å². The molecular formula is C12H15F2N5O. The van der Waals surface area contributed by atoms with E-state index in [1.54, 1.807) is 31.1 Å². The number of nitrogens with one attached hydrogen (secondary N) is 1. The molecule has 0 atom stereocenters. The van der Waals surface area contributed by atoms with Gasteiger partial charge in [-0.2, -0.15) is 13.9 Å². The van der Waals surface area contributed by atoms with Crippen LogP contribution in [0.5, 0.6) is 0 Å². The Hall–Kier alpha value is -2.25. The van der Waals surface area contributed by atoms with Crippen LogP contribution < -0.4 is 5.32 Å². The molecule has 1 amide bonds. The number of aryl methyl sites for hydroxylation is 2. The summed E-state index contributed by atoms with van der Waals surface area (Å²) >= 11 is 0. The SMILES string of the molecule is Cc1nn(C(F)F)c(C)c1CC(=O)Nc1cn(C)cn1. The largest absolute Gasteiger partial charge is 0.338 e. The molecule has 0 saturated carbocycles. The van der Waals surface area contributed by atoms with Crippen LogP contribution in [0.25, 0.3) is 0 Å². The van der Waals surface area contributed by atoms with Crippen molar-refractivity contribution in [3.63, 3.8) is 0 Å². The second-order valence-corrected chi connectivity index (χ2v) is 4.52.